The summed E-state index contributed by atoms with van der Waals surface area (Å²) in [7, 11) is 0. The smallest absolute Gasteiger partial charge is 0.252 e. The second-order valence-electron chi connectivity index (χ2n) is 7.93. The number of piperazine rings is 1. The van der Waals surface area contributed by atoms with Crippen LogP contribution in [0.3, 0.4) is 0 Å². The molecule has 0 atom stereocenters. The van der Waals surface area contributed by atoms with Gasteiger partial charge in [-0.3, -0.25) is 14.7 Å². The number of nitrogens with zero attached hydrogens (tertiary/aromatic N) is 3. The standard InChI is InChI=1S/C24H25Cl2FN4O/c25-20-4-3-5-22(23(20)26)31-12-10-30(11-13-31)9-2-1-8-28-24(32)18-14-17-15-19(27)6-7-21(17)29-16-18/h3-7,14-16H,1-2,8-13H2,(H,28,32). The minimum absolute atomic E-state index is 0.185. The average Bonchev–Trinajstić information content (AvgIpc) is 2.80. The molecule has 0 unspecified atom stereocenters. The molecule has 32 heavy (non-hydrogen) atoms. The number of pyridine rings is 1. The highest BCUT2D eigenvalue weighted by atomic mass is 35.5. The number of hydrogen-bond acceptors (Lipinski definition) is 4. The predicted octanol–water partition coefficient (Wildman–Crippen LogP) is 5.01. The number of aromatic nitrogens is 1. The number of benzene rings is 2. The van der Waals surface area contributed by atoms with Crippen molar-refractivity contribution in [3.8, 4) is 0 Å². The van der Waals surface area contributed by atoms with Crippen molar-refractivity contribution in [2.75, 3.05) is 44.2 Å². The number of unbranched alkanes of at least 4 members (excludes halogenated alkanes) is 1. The second kappa shape index (κ2) is 10.5. The molecule has 3 aromatic rings. The molecule has 1 saturated heterocycles. The molecule has 1 aliphatic heterocycles. The van der Waals surface area contributed by atoms with Crippen molar-refractivity contribution in [3.05, 3.63) is 70.1 Å². The summed E-state index contributed by atoms with van der Waals surface area (Å²) < 4.78 is 13.4. The topological polar surface area (TPSA) is 48.5 Å². The summed E-state index contributed by atoms with van der Waals surface area (Å²) in [4.78, 5) is 21.3. The van der Waals surface area contributed by atoms with E-state index in [1.807, 2.05) is 12.1 Å². The Labute approximate surface area is 197 Å². The Morgan fingerprint density at radius 2 is 1.88 bits per heavy atom. The molecule has 1 N–H and O–H groups in total. The van der Waals surface area contributed by atoms with Gasteiger partial charge in [-0.15, -0.1) is 0 Å². The van der Waals surface area contributed by atoms with E-state index in [0.717, 1.165) is 51.3 Å². The summed E-state index contributed by atoms with van der Waals surface area (Å²) >= 11 is 12.5. The number of carbonyl (C=O) groups excluding carboxylic acids is 1. The predicted molar refractivity (Wildman–Crippen MR) is 128 cm³/mol. The Bertz CT molecular complexity index is 1100. The van der Waals surface area contributed by atoms with Gasteiger partial charge in [-0.1, -0.05) is 29.3 Å². The van der Waals surface area contributed by atoms with Crippen LogP contribution in [0.25, 0.3) is 10.9 Å². The molecule has 8 heteroatoms. The molecular weight excluding hydrogens is 450 g/mol. The summed E-state index contributed by atoms with van der Waals surface area (Å²) in [6.45, 7) is 5.34. The number of fused-ring (bicyclic) bond motifs is 1. The number of hydrogen-bond donors (Lipinski definition) is 1. The highest BCUT2D eigenvalue weighted by Gasteiger charge is 2.19. The zero-order valence-electron chi connectivity index (χ0n) is 17.7. The maximum atomic E-state index is 13.4. The Morgan fingerprint density at radius 1 is 1.06 bits per heavy atom. The summed E-state index contributed by atoms with van der Waals surface area (Å²) in [5, 5.41) is 4.75. The van der Waals surface area contributed by atoms with Crippen LogP contribution in [0.5, 0.6) is 0 Å². The molecule has 168 valence electrons. The van der Waals surface area contributed by atoms with Crippen LogP contribution >= 0.6 is 23.2 Å². The van der Waals surface area contributed by atoms with Crippen LogP contribution in [0.1, 0.15) is 23.2 Å². The monoisotopic (exact) mass is 474 g/mol. The summed E-state index contributed by atoms with van der Waals surface area (Å²) in [6, 6.07) is 11.8. The van der Waals surface area contributed by atoms with E-state index in [4.69, 9.17) is 23.2 Å². The maximum absolute atomic E-state index is 13.4. The van der Waals surface area contributed by atoms with Crippen molar-refractivity contribution < 1.29 is 9.18 Å². The minimum atomic E-state index is -0.339. The number of anilines is 1. The van der Waals surface area contributed by atoms with Gasteiger partial charge < -0.3 is 10.2 Å². The Balaban J connectivity index is 1.17. The lowest BCUT2D eigenvalue weighted by Gasteiger charge is -2.36. The normalized spacial score (nSPS) is 14.7. The molecule has 1 fully saturated rings. The first-order chi connectivity index (χ1) is 15.5. The van der Waals surface area contributed by atoms with Gasteiger partial charge in [-0.25, -0.2) is 4.39 Å². The molecule has 2 aromatic carbocycles. The Morgan fingerprint density at radius 3 is 2.69 bits per heavy atom. The lowest BCUT2D eigenvalue weighted by Crippen LogP contribution is -2.46. The SMILES string of the molecule is O=C(NCCCCN1CCN(c2cccc(Cl)c2Cl)CC1)c1cnc2ccc(F)cc2c1. The van der Waals surface area contributed by atoms with E-state index in [2.05, 4.69) is 20.1 Å². The summed E-state index contributed by atoms with van der Waals surface area (Å²) in [5.74, 6) is -0.524. The van der Waals surface area contributed by atoms with Crippen LogP contribution in [-0.4, -0.2) is 55.1 Å². The van der Waals surface area contributed by atoms with E-state index in [0.29, 0.717) is 33.1 Å². The molecule has 2 heterocycles. The van der Waals surface area contributed by atoms with Crippen molar-refractivity contribution >= 4 is 45.7 Å². The Kier molecular flexibility index (Phi) is 7.45. The molecular formula is C24H25Cl2FN4O. The molecule has 1 aromatic heterocycles. The highest BCUT2D eigenvalue weighted by molar-refractivity contribution is 6.43. The first kappa shape index (κ1) is 22.8. The van der Waals surface area contributed by atoms with E-state index < -0.39 is 0 Å². The van der Waals surface area contributed by atoms with Crippen LogP contribution in [0.2, 0.25) is 10.0 Å². The van der Waals surface area contributed by atoms with Crippen molar-refractivity contribution in [2.45, 2.75) is 12.8 Å². The lowest BCUT2D eigenvalue weighted by atomic mass is 10.1. The molecule has 5 nitrogen and oxygen atoms in total. The third kappa shape index (κ3) is 5.49. The fourth-order valence-electron chi connectivity index (χ4n) is 3.94. The van der Waals surface area contributed by atoms with Crippen LogP contribution in [0, 0.1) is 5.82 Å². The zero-order chi connectivity index (χ0) is 22.5. The molecule has 0 saturated carbocycles. The third-order valence-corrected chi connectivity index (χ3v) is 6.55. The van der Waals surface area contributed by atoms with E-state index in [1.165, 1.54) is 18.3 Å². The first-order valence-electron chi connectivity index (χ1n) is 10.8. The number of amides is 1. The van der Waals surface area contributed by atoms with Gasteiger partial charge in [0.1, 0.15) is 5.82 Å². The van der Waals surface area contributed by atoms with Crippen molar-refractivity contribution in [1.82, 2.24) is 15.2 Å². The van der Waals surface area contributed by atoms with E-state index in [1.54, 1.807) is 18.2 Å². The van der Waals surface area contributed by atoms with E-state index in [-0.39, 0.29) is 11.7 Å². The Hall–Kier alpha value is -2.41. The quantitative estimate of drug-likeness (QED) is 0.488. The fraction of sp³-hybridized carbons (Fsp3) is 0.333. The van der Waals surface area contributed by atoms with Crippen LogP contribution in [0.4, 0.5) is 10.1 Å². The lowest BCUT2D eigenvalue weighted by molar-refractivity contribution is 0.0952. The minimum Gasteiger partial charge on any atom is -0.368 e. The van der Waals surface area contributed by atoms with Gasteiger partial charge in [-0.05, 0) is 55.8 Å². The van der Waals surface area contributed by atoms with Crippen LogP contribution in [-0.2, 0) is 0 Å². The zero-order valence-corrected chi connectivity index (χ0v) is 19.2. The second-order valence-corrected chi connectivity index (χ2v) is 8.71. The van der Waals surface area contributed by atoms with Gasteiger partial charge in [-0.2, -0.15) is 0 Å². The molecule has 0 bridgehead atoms. The fourth-order valence-corrected chi connectivity index (χ4v) is 4.36. The molecule has 0 aliphatic carbocycles. The number of rotatable bonds is 7. The van der Waals surface area contributed by atoms with Crippen molar-refractivity contribution in [1.29, 1.82) is 0 Å². The summed E-state index contributed by atoms with van der Waals surface area (Å²) in [5.41, 5.74) is 2.10. The van der Waals surface area contributed by atoms with Crippen molar-refractivity contribution in [3.63, 3.8) is 0 Å². The van der Waals surface area contributed by atoms with E-state index in [9.17, 15) is 9.18 Å². The van der Waals surface area contributed by atoms with Gasteiger partial charge >= 0.3 is 0 Å². The highest BCUT2D eigenvalue weighted by Crippen LogP contribution is 2.32. The molecule has 0 radical (unpaired) electrons. The molecule has 1 aliphatic rings. The molecule has 0 spiro atoms. The summed E-state index contributed by atoms with van der Waals surface area (Å²) in [6.07, 6.45) is 3.42. The third-order valence-electron chi connectivity index (χ3n) is 5.74. The van der Waals surface area contributed by atoms with Crippen LogP contribution in [0.15, 0.2) is 48.7 Å². The van der Waals surface area contributed by atoms with Gasteiger partial charge in [0.15, 0.2) is 0 Å². The number of halogens is 3. The number of carbonyl (C=O) groups is 1. The molecule has 4 rings (SSSR count). The van der Waals surface area contributed by atoms with Gasteiger partial charge in [0.2, 0.25) is 0 Å². The van der Waals surface area contributed by atoms with Gasteiger partial charge in [0, 0.05) is 44.3 Å². The van der Waals surface area contributed by atoms with Crippen molar-refractivity contribution in [2.24, 2.45) is 0 Å². The first-order valence-corrected chi connectivity index (χ1v) is 11.5. The van der Waals surface area contributed by atoms with Crippen LogP contribution < -0.4 is 10.2 Å². The van der Waals surface area contributed by atoms with E-state index >= 15 is 0 Å². The maximum Gasteiger partial charge on any atom is 0.252 e. The number of nitrogens with one attached hydrogen (secondary N) is 1. The molecule has 1 amide bonds. The average molecular weight is 475 g/mol. The largest absolute Gasteiger partial charge is 0.368 e. The van der Waals surface area contributed by atoms with Gasteiger partial charge in [0.05, 0.1) is 26.8 Å². The van der Waals surface area contributed by atoms with Gasteiger partial charge in [0.25, 0.3) is 5.91 Å².